The molecule has 1 heterocycles. The van der Waals surface area contributed by atoms with Crippen LogP contribution in [0.3, 0.4) is 0 Å². The summed E-state index contributed by atoms with van der Waals surface area (Å²) >= 11 is 6.16. The van der Waals surface area contributed by atoms with Crippen LogP contribution in [0.15, 0.2) is 85.2 Å². The van der Waals surface area contributed by atoms with Gasteiger partial charge in [-0.1, -0.05) is 60.1 Å². The number of nitrogens with one attached hydrogen (secondary N) is 2. The van der Waals surface area contributed by atoms with Gasteiger partial charge in [0.25, 0.3) is 5.91 Å². The minimum Gasteiger partial charge on any atom is -0.345 e. The first-order valence-electron chi connectivity index (χ1n) is 9.84. The summed E-state index contributed by atoms with van der Waals surface area (Å²) in [5.74, 6) is -0.606. The van der Waals surface area contributed by atoms with E-state index >= 15 is 0 Å². The van der Waals surface area contributed by atoms with Crippen LogP contribution < -0.4 is 10.6 Å². The highest BCUT2D eigenvalue weighted by Crippen LogP contribution is 2.21. The number of aromatic nitrogens is 4. The second kappa shape index (κ2) is 9.84. The van der Waals surface area contributed by atoms with Crippen molar-refractivity contribution in [2.75, 3.05) is 5.32 Å². The van der Waals surface area contributed by atoms with E-state index in [1.165, 1.54) is 11.0 Å². The maximum absolute atomic E-state index is 12.8. The predicted octanol–water partition coefficient (Wildman–Crippen LogP) is 3.82. The van der Waals surface area contributed by atoms with E-state index in [0.717, 1.165) is 5.56 Å². The molecule has 0 fully saturated rings. The van der Waals surface area contributed by atoms with E-state index in [1.807, 2.05) is 36.4 Å². The molecule has 0 aliphatic heterocycles. The van der Waals surface area contributed by atoms with Crippen molar-refractivity contribution < 1.29 is 9.59 Å². The van der Waals surface area contributed by atoms with E-state index in [9.17, 15) is 9.59 Å². The van der Waals surface area contributed by atoms with E-state index in [2.05, 4.69) is 26.2 Å². The highest BCUT2D eigenvalue weighted by molar-refractivity contribution is 6.33. The van der Waals surface area contributed by atoms with Gasteiger partial charge in [0.05, 0.1) is 28.7 Å². The number of amides is 2. The molecule has 0 bridgehead atoms. The van der Waals surface area contributed by atoms with E-state index < -0.39 is 6.04 Å². The van der Waals surface area contributed by atoms with Gasteiger partial charge in [-0.05, 0) is 46.3 Å². The Kier molecular flexibility index (Phi) is 6.52. The van der Waals surface area contributed by atoms with Gasteiger partial charge >= 0.3 is 0 Å². The van der Waals surface area contributed by atoms with E-state index in [0.29, 0.717) is 22.0 Å². The van der Waals surface area contributed by atoms with Crippen LogP contribution in [0.4, 0.5) is 5.69 Å². The van der Waals surface area contributed by atoms with Gasteiger partial charge in [-0.2, -0.15) is 0 Å². The first-order chi connectivity index (χ1) is 15.6. The highest BCUT2D eigenvalue weighted by Gasteiger charge is 2.20. The second-order valence-electron chi connectivity index (χ2n) is 6.97. The predicted molar refractivity (Wildman–Crippen MR) is 121 cm³/mol. The molecule has 0 aliphatic rings. The lowest BCUT2D eigenvalue weighted by Gasteiger charge is -2.19. The largest absolute Gasteiger partial charge is 0.345 e. The van der Waals surface area contributed by atoms with Crippen molar-refractivity contribution in [3.05, 3.63) is 101 Å². The van der Waals surface area contributed by atoms with Crippen LogP contribution >= 0.6 is 11.6 Å². The number of rotatable bonds is 7. The molecule has 4 rings (SSSR count). The van der Waals surface area contributed by atoms with Crippen LogP contribution in [-0.2, 0) is 4.79 Å². The molecule has 1 atom stereocenters. The number of hydrogen-bond acceptors (Lipinski definition) is 5. The third-order valence-electron chi connectivity index (χ3n) is 4.76. The molecular weight excluding hydrogens is 428 g/mol. The zero-order chi connectivity index (χ0) is 22.3. The van der Waals surface area contributed by atoms with Crippen molar-refractivity contribution in [1.29, 1.82) is 0 Å². The molecule has 2 N–H and O–H groups in total. The zero-order valence-corrected chi connectivity index (χ0v) is 17.6. The van der Waals surface area contributed by atoms with Crippen LogP contribution in [0, 0.1) is 0 Å². The average molecular weight is 447 g/mol. The monoisotopic (exact) mass is 446 g/mol. The summed E-state index contributed by atoms with van der Waals surface area (Å²) in [4.78, 5) is 25.7. The molecule has 4 aromatic rings. The summed E-state index contributed by atoms with van der Waals surface area (Å²) in [6.45, 7) is 0. The third-order valence-corrected chi connectivity index (χ3v) is 5.09. The van der Waals surface area contributed by atoms with Crippen molar-refractivity contribution in [1.82, 2.24) is 25.5 Å². The Bertz CT molecular complexity index is 1210. The Morgan fingerprint density at radius 2 is 1.75 bits per heavy atom. The lowest BCUT2D eigenvalue weighted by molar-refractivity contribution is -0.116. The van der Waals surface area contributed by atoms with Crippen molar-refractivity contribution in [3.8, 4) is 5.69 Å². The molecule has 1 unspecified atom stereocenters. The lowest BCUT2D eigenvalue weighted by Crippen LogP contribution is -2.31. The topological polar surface area (TPSA) is 102 Å². The van der Waals surface area contributed by atoms with Crippen molar-refractivity contribution in [2.24, 2.45) is 0 Å². The Morgan fingerprint density at radius 3 is 2.50 bits per heavy atom. The van der Waals surface area contributed by atoms with Crippen LogP contribution in [0.25, 0.3) is 5.69 Å². The van der Waals surface area contributed by atoms with E-state index in [-0.39, 0.29) is 18.2 Å². The Hall–Kier alpha value is -4.04. The maximum Gasteiger partial charge on any atom is 0.253 e. The molecular formula is C23H19ClN6O2. The Morgan fingerprint density at radius 1 is 0.969 bits per heavy atom. The second-order valence-corrected chi connectivity index (χ2v) is 7.38. The fraction of sp³-hybridized carbons (Fsp3) is 0.0870. The molecule has 0 spiro atoms. The van der Waals surface area contributed by atoms with E-state index in [1.54, 1.807) is 42.5 Å². The van der Waals surface area contributed by atoms with Gasteiger partial charge in [-0.25, -0.2) is 4.68 Å². The molecule has 0 radical (unpaired) electrons. The van der Waals surface area contributed by atoms with E-state index in [4.69, 9.17) is 11.6 Å². The van der Waals surface area contributed by atoms with Gasteiger partial charge in [0.1, 0.15) is 6.33 Å². The molecule has 0 saturated carbocycles. The van der Waals surface area contributed by atoms with Gasteiger partial charge in [0.2, 0.25) is 5.91 Å². The van der Waals surface area contributed by atoms with Crippen molar-refractivity contribution >= 4 is 29.1 Å². The summed E-state index contributed by atoms with van der Waals surface area (Å²) in [6, 6.07) is 22.7. The summed E-state index contributed by atoms with van der Waals surface area (Å²) in [5.41, 5.74) is 2.46. The van der Waals surface area contributed by atoms with Gasteiger partial charge in [-0.3, -0.25) is 9.59 Å². The average Bonchev–Trinajstić information content (AvgIpc) is 3.35. The minimum atomic E-state index is -0.539. The summed E-state index contributed by atoms with van der Waals surface area (Å²) in [6.07, 6.45) is 1.51. The number of carbonyl (C=O) groups excluding carboxylic acids is 2. The van der Waals surface area contributed by atoms with Gasteiger partial charge < -0.3 is 10.6 Å². The number of carbonyl (C=O) groups is 2. The molecule has 160 valence electrons. The maximum atomic E-state index is 12.8. The molecule has 3 aromatic carbocycles. The number of nitrogens with zero attached hydrogens (tertiary/aromatic N) is 4. The Balaban J connectivity index is 1.50. The fourth-order valence-electron chi connectivity index (χ4n) is 3.22. The van der Waals surface area contributed by atoms with Gasteiger partial charge in [0.15, 0.2) is 0 Å². The molecule has 0 saturated heterocycles. The molecule has 0 aliphatic carbocycles. The SMILES string of the molecule is O=C(CC(NC(=O)c1ccccc1Cl)c1ccccc1)Nc1cccc(-n2cnnn2)c1. The zero-order valence-electron chi connectivity index (χ0n) is 16.9. The lowest BCUT2D eigenvalue weighted by atomic mass is 10.0. The Labute approximate surface area is 189 Å². The van der Waals surface area contributed by atoms with Crippen LogP contribution in [0.2, 0.25) is 5.02 Å². The third kappa shape index (κ3) is 5.16. The number of anilines is 1. The molecule has 9 heteroatoms. The molecule has 2 amide bonds. The first kappa shape index (κ1) is 21.2. The minimum absolute atomic E-state index is 0.0370. The number of hydrogen-bond donors (Lipinski definition) is 2. The van der Waals surface area contributed by atoms with Crippen LogP contribution in [-0.4, -0.2) is 32.0 Å². The molecule has 8 nitrogen and oxygen atoms in total. The molecule has 1 aromatic heterocycles. The van der Waals surface area contributed by atoms with Crippen molar-refractivity contribution in [2.45, 2.75) is 12.5 Å². The highest BCUT2D eigenvalue weighted by atomic mass is 35.5. The fourth-order valence-corrected chi connectivity index (χ4v) is 3.44. The van der Waals surface area contributed by atoms with Gasteiger partial charge in [-0.15, -0.1) is 5.10 Å². The summed E-state index contributed by atoms with van der Waals surface area (Å²) < 4.78 is 1.49. The smallest absolute Gasteiger partial charge is 0.253 e. The molecule has 32 heavy (non-hydrogen) atoms. The number of tetrazole rings is 1. The first-order valence-corrected chi connectivity index (χ1v) is 10.2. The number of benzene rings is 3. The number of halogens is 1. The quantitative estimate of drug-likeness (QED) is 0.449. The van der Waals surface area contributed by atoms with Crippen molar-refractivity contribution in [3.63, 3.8) is 0 Å². The standard InChI is InChI=1S/C23H19ClN6O2/c24-20-12-5-4-11-19(20)23(32)27-21(16-7-2-1-3-8-16)14-22(31)26-17-9-6-10-18(13-17)30-15-25-28-29-30/h1-13,15,21H,14H2,(H,26,31)(H,27,32). The van der Waals surface area contributed by atoms with Gasteiger partial charge in [0, 0.05) is 5.69 Å². The normalized spacial score (nSPS) is 11.5. The summed E-state index contributed by atoms with van der Waals surface area (Å²) in [7, 11) is 0. The van der Waals surface area contributed by atoms with Crippen LogP contribution in [0.5, 0.6) is 0 Å². The van der Waals surface area contributed by atoms with Crippen LogP contribution in [0.1, 0.15) is 28.4 Å². The summed E-state index contributed by atoms with van der Waals surface area (Å²) in [5, 5.41) is 17.2.